The number of hydrogen-bond acceptors (Lipinski definition) is 2. The standard InChI is InChI=1S/C30H35FO2/c1-3-4-8-21-33-23(2)9-6-5-7-10-27-15-16-28(22-30(27)31)26-13-11-24(12-14-26)25-17-19-29(32)20-18-25/h7,10-20,22-23,32H,3-6,8-9,21H2,1-2H3. The summed E-state index contributed by atoms with van der Waals surface area (Å²) in [6, 6.07) is 20.5. The first-order chi connectivity index (χ1) is 16.1. The van der Waals surface area contributed by atoms with Crippen molar-refractivity contribution in [2.75, 3.05) is 6.61 Å². The Bertz CT molecular complexity index is 1010. The van der Waals surface area contributed by atoms with Crippen molar-refractivity contribution >= 4 is 6.08 Å². The zero-order valence-electron chi connectivity index (χ0n) is 19.8. The molecule has 3 rings (SSSR count). The second kappa shape index (κ2) is 13.0. The van der Waals surface area contributed by atoms with Gasteiger partial charge >= 0.3 is 0 Å². The van der Waals surface area contributed by atoms with Crippen molar-refractivity contribution in [3.8, 4) is 28.0 Å². The molecule has 0 aliphatic heterocycles. The van der Waals surface area contributed by atoms with Gasteiger partial charge in [0, 0.05) is 12.2 Å². The highest BCUT2D eigenvalue weighted by atomic mass is 19.1. The normalized spacial score (nSPS) is 12.3. The third kappa shape index (κ3) is 7.87. The Hall–Kier alpha value is -2.91. The van der Waals surface area contributed by atoms with Gasteiger partial charge in [0.05, 0.1) is 6.10 Å². The maximum Gasteiger partial charge on any atom is 0.131 e. The van der Waals surface area contributed by atoms with Gasteiger partial charge in [-0.05, 0) is 73.1 Å². The molecule has 0 saturated heterocycles. The van der Waals surface area contributed by atoms with Crippen LogP contribution in [0.25, 0.3) is 28.3 Å². The molecule has 0 aliphatic carbocycles. The minimum Gasteiger partial charge on any atom is -0.508 e. The molecule has 174 valence electrons. The zero-order valence-corrected chi connectivity index (χ0v) is 19.8. The fourth-order valence-corrected chi connectivity index (χ4v) is 3.80. The summed E-state index contributed by atoms with van der Waals surface area (Å²) in [7, 11) is 0. The highest BCUT2D eigenvalue weighted by Gasteiger charge is 2.05. The van der Waals surface area contributed by atoms with E-state index in [-0.39, 0.29) is 17.7 Å². The van der Waals surface area contributed by atoms with Gasteiger partial charge in [-0.1, -0.05) is 80.4 Å². The molecule has 33 heavy (non-hydrogen) atoms. The lowest BCUT2D eigenvalue weighted by Gasteiger charge is -2.12. The van der Waals surface area contributed by atoms with Crippen LogP contribution < -0.4 is 0 Å². The van der Waals surface area contributed by atoms with E-state index in [1.165, 1.54) is 12.8 Å². The van der Waals surface area contributed by atoms with Gasteiger partial charge in [-0.2, -0.15) is 0 Å². The largest absolute Gasteiger partial charge is 0.508 e. The van der Waals surface area contributed by atoms with Crippen LogP contribution in [0, 0.1) is 5.82 Å². The van der Waals surface area contributed by atoms with Crippen LogP contribution in [-0.2, 0) is 4.74 Å². The number of phenols is 1. The molecule has 0 radical (unpaired) electrons. The van der Waals surface area contributed by atoms with Crippen LogP contribution in [0.3, 0.4) is 0 Å². The van der Waals surface area contributed by atoms with E-state index in [4.69, 9.17) is 4.74 Å². The predicted octanol–water partition coefficient (Wildman–Crippen LogP) is 8.64. The molecule has 3 aromatic rings. The first-order valence-corrected chi connectivity index (χ1v) is 12.0. The smallest absolute Gasteiger partial charge is 0.131 e. The molecule has 3 aromatic carbocycles. The van der Waals surface area contributed by atoms with E-state index in [0.29, 0.717) is 5.56 Å². The average Bonchev–Trinajstić information content (AvgIpc) is 2.83. The Morgan fingerprint density at radius 2 is 1.45 bits per heavy atom. The molecule has 0 fully saturated rings. The Morgan fingerprint density at radius 3 is 2.09 bits per heavy atom. The number of allylic oxidation sites excluding steroid dienone is 1. The Kier molecular flexibility index (Phi) is 9.71. The van der Waals surface area contributed by atoms with E-state index < -0.39 is 0 Å². The van der Waals surface area contributed by atoms with Crippen LogP contribution in [0.5, 0.6) is 5.75 Å². The molecule has 0 aliphatic rings. The lowest BCUT2D eigenvalue weighted by Crippen LogP contribution is -2.08. The van der Waals surface area contributed by atoms with Crippen LogP contribution in [0.2, 0.25) is 0 Å². The minimum atomic E-state index is -0.209. The van der Waals surface area contributed by atoms with Gasteiger partial charge in [0.2, 0.25) is 0 Å². The van der Waals surface area contributed by atoms with Crippen molar-refractivity contribution in [3.05, 3.63) is 84.2 Å². The van der Waals surface area contributed by atoms with Gasteiger partial charge in [-0.3, -0.25) is 0 Å². The molecule has 0 heterocycles. The third-order valence-corrected chi connectivity index (χ3v) is 5.85. The molecular formula is C30H35FO2. The van der Waals surface area contributed by atoms with E-state index >= 15 is 0 Å². The number of halogens is 1. The fraction of sp³-hybridized carbons (Fsp3) is 0.333. The minimum absolute atomic E-state index is 0.209. The summed E-state index contributed by atoms with van der Waals surface area (Å²) < 4.78 is 20.5. The monoisotopic (exact) mass is 446 g/mol. The summed E-state index contributed by atoms with van der Waals surface area (Å²) in [4.78, 5) is 0. The SMILES string of the molecule is CCCCCOC(C)CCCC=Cc1ccc(-c2ccc(-c3ccc(O)cc3)cc2)cc1F. The lowest BCUT2D eigenvalue weighted by atomic mass is 9.99. The second-order valence-electron chi connectivity index (χ2n) is 8.58. The molecule has 3 heteroatoms. The van der Waals surface area contributed by atoms with Gasteiger partial charge in [0.25, 0.3) is 0 Å². The molecule has 1 atom stereocenters. The summed E-state index contributed by atoms with van der Waals surface area (Å²) in [5.41, 5.74) is 4.53. The second-order valence-corrected chi connectivity index (χ2v) is 8.58. The van der Waals surface area contributed by atoms with Crippen LogP contribution in [0.15, 0.2) is 72.8 Å². The first kappa shape index (κ1) is 24.7. The van der Waals surface area contributed by atoms with Crippen molar-refractivity contribution in [1.82, 2.24) is 0 Å². The molecule has 0 spiro atoms. The van der Waals surface area contributed by atoms with Crippen molar-refractivity contribution in [2.24, 2.45) is 0 Å². The van der Waals surface area contributed by atoms with Gasteiger partial charge in [0.1, 0.15) is 11.6 Å². The van der Waals surface area contributed by atoms with Crippen molar-refractivity contribution < 1.29 is 14.2 Å². The first-order valence-electron chi connectivity index (χ1n) is 12.0. The van der Waals surface area contributed by atoms with Crippen molar-refractivity contribution in [3.63, 3.8) is 0 Å². The van der Waals surface area contributed by atoms with Gasteiger partial charge < -0.3 is 9.84 Å². The van der Waals surface area contributed by atoms with Crippen LogP contribution >= 0.6 is 0 Å². The van der Waals surface area contributed by atoms with E-state index in [2.05, 4.69) is 13.8 Å². The van der Waals surface area contributed by atoms with Crippen LogP contribution in [-0.4, -0.2) is 17.8 Å². The lowest BCUT2D eigenvalue weighted by molar-refractivity contribution is 0.0566. The summed E-state index contributed by atoms with van der Waals surface area (Å²) in [6.45, 7) is 5.18. The number of ether oxygens (including phenoxy) is 1. The molecule has 0 amide bonds. The maximum atomic E-state index is 14.7. The summed E-state index contributed by atoms with van der Waals surface area (Å²) in [5.74, 6) is 0.0420. The fourth-order valence-electron chi connectivity index (χ4n) is 3.80. The Morgan fingerprint density at radius 1 is 0.848 bits per heavy atom. The Labute approximate surface area is 197 Å². The zero-order chi connectivity index (χ0) is 23.5. The number of aromatic hydroxyl groups is 1. The predicted molar refractivity (Wildman–Crippen MR) is 137 cm³/mol. The molecule has 1 unspecified atom stereocenters. The number of rotatable bonds is 12. The number of phenolic OH excluding ortho intramolecular Hbond substituents is 1. The van der Waals surface area contributed by atoms with E-state index in [0.717, 1.165) is 54.5 Å². The van der Waals surface area contributed by atoms with E-state index in [9.17, 15) is 9.50 Å². The van der Waals surface area contributed by atoms with Crippen LogP contribution in [0.4, 0.5) is 4.39 Å². The highest BCUT2D eigenvalue weighted by molar-refractivity contribution is 5.71. The molecular weight excluding hydrogens is 411 g/mol. The van der Waals surface area contributed by atoms with E-state index in [1.807, 2.05) is 60.7 Å². The van der Waals surface area contributed by atoms with Crippen molar-refractivity contribution in [2.45, 2.75) is 58.5 Å². The quantitative estimate of drug-likeness (QED) is 0.282. The number of benzene rings is 3. The molecule has 0 saturated carbocycles. The average molecular weight is 447 g/mol. The van der Waals surface area contributed by atoms with Gasteiger partial charge in [-0.15, -0.1) is 0 Å². The van der Waals surface area contributed by atoms with Gasteiger partial charge in [-0.25, -0.2) is 4.39 Å². The molecule has 0 aromatic heterocycles. The Balaban J connectivity index is 1.51. The third-order valence-electron chi connectivity index (χ3n) is 5.85. The molecule has 1 N–H and O–H groups in total. The maximum absolute atomic E-state index is 14.7. The van der Waals surface area contributed by atoms with E-state index in [1.54, 1.807) is 18.2 Å². The van der Waals surface area contributed by atoms with Crippen molar-refractivity contribution in [1.29, 1.82) is 0 Å². The summed E-state index contributed by atoms with van der Waals surface area (Å²) in [6.07, 6.45) is 10.8. The summed E-state index contributed by atoms with van der Waals surface area (Å²) >= 11 is 0. The number of unbranched alkanes of at least 4 members (excludes halogenated alkanes) is 3. The summed E-state index contributed by atoms with van der Waals surface area (Å²) in [5, 5.41) is 9.45. The molecule has 2 nitrogen and oxygen atoms in total. The number of hydrogen-bond donors (Lipinski definition) is 1. The van der Waals surface area contributed by atoms with Gasteiger partial charge in [0.15, 0.2) is 0 Å². The topological polar surface area (TPSA) is 29.5 Å². The molecule has 0 bridgehead atoms. The van der Waals surface area contributed by atoms with Crippen LogP contribution in [0.1, 0.15) is 57.9 Å². The highest BCUT2D eigenvalue weighted by Crippen LogP contribution is 2.27.